The van der Waals surface area contributed by atoms with E-state index in [4.69, 9.17) is 16.3 Å². The first-order valence-corrected chi connectivity index (χ1v) is 8.36. The van der Waals surface area contributed by atoms with E-state index in [-0.39, 0.29) is 11.3 Å². The summed E-state index contributed by atoms with van der Waals surface area (Å²) >= 11 is 6.60. The fourth-order valence-corrected chi connectivity index (χ4v) is 3.71. The maximum Gasteiger partial charge on any atom is 0.255 e. The molecule has 0 radical (unpaired) electrons. The molecule has 21 heavy (non-hydrogen) atoms. The van der Waals surface area contributed by atoms with Gasteiger partial charge in [-0.2, -0.15) is 0 Å². The van der Waals surface area contributed by atoms with E-state index in [0.717, 1.165) is 17.9 Å². The van der Waals surface area contributed by atoms with E-state index in [9.17, 15) is 4.79 Å². The molecular weight excluding hydrogens is 286 g/mol. The summed E-state index contributed by atoms with van der Waals surface area (Å²) in [7, 11) is 0. The summed E-state index contributed by atoms with van der Waals surface area (Å²) in [5.41, 5.74) is 1.64. The lowest BCUT2D eigenvalue weighted by molar-refractivity contribution is 0.0957. The Labute approximate surface area is 131 Å². The molecule has 1 atom stereocenters. The molecule has 1 aliphatic heterocycles. The van der Waals surface area contributed by atoms with Crippen molar-refractivity contribution in [2.75, 3.05) is 13.2 Å². The van der Waals surface area contributed by atoms with Crippen molar-refractivity contribution < 1.29 is 9.53 Å². The number of amides is 1. The molecule has 0 aromatic heterocycles. The van der Waals surface area contributed by atoms with Crippen LogP contribution in [0.2, 0.25) is 0 Å². The van der Waals surface area contributed by atoms with Crippen LogP contribution in [0.4, 0.5) is 0 Å². The van der Waals surface area contributed by atoms with Gasteiger partial charge in [0.25, 0.3) is 5.91 Å². The molecule has 1 aromatic rings. The summed E-state index contributed by atoms with van der Waals surface area (Å²) in [5, 5.41) is 2.82. The van der Waals surface area contributed by atoms with Gasteiger partial charge in [-0.3, -0.25) is 4.79 Å². The van der Waals surface area contributed by atoms with Crippen LogP contribution in [-0.2, 0) is 0 Å². The minimum absolute atomic E-state index is 0.0190. The Bertz CT molecular complexity index is 512. The molecule has 1 unspecified atom stereocenters. The van der Waals surface area contributed by atoms with Crippen molar-refractivity contribution >= 4 is 17.5 Å². The number of halogens is 1. The quantitative estimate of drug-likeness (QED) is 0.855. The summed E-state index contributed by atoms with van der Waals surface area (Å²) < 4.78 is 5.58. The number of alkyl halides is 1. The zero-order valence-corrected chi connectivity index (χ0v) is 13.0. The van der Waals surface area contributed by atoms with E-state index in [1.54, 1.807) is 0 Å². The van der Waals surface area contributed by atoms with Crippen LogP contribution in [-0.4, -0.2) is 19.1 Å². The van der Waals surface area contributed by atoms with Crippen LogP contribution in [0.1, 0.15) is 59.8 Å². The molecule has 0 bridgehead atoms. The molecule has 1 aromatic carbocycles. The molecule has 1 fully saturated rings. The number of carbonyl (C=O) groups excluding carboxylic acids is 1. The topological polar surface area (TPSA) is 38.3 Å². The average Bonchev–Trinajstić information content (AvgIpc) is 2.70. The fourth-order valence-electron chi connectivity index (χ4n) is 3.32. The van der Waals surface area contributed by atoms with E-state index in [1.165, 1.54) is 32.1 Å². The van der Waals surface area contributed by atoms with Crippen molar-refractivity contribution in [3.05, 3.63) is 29.3 Å². The van der Waals surface area contributed by atoms with Crippen molar-refractivity contribution in [2.24, 2.45) is 5.92 Å². The van der Waals surface area contributed by atoms with Crippen LogP contribution >= 0.6 is 11.6 Å². The monoisotopic (exact) mass is 307 g/mol. The fraction of sp³-hybridized carbons (Fsp3) is 0.588. The zero-order valence-electron chi connectivity index (χ0n) is 12.2. The predicted molar refractivity (Wildman–Crippen MR) is 84.1 cm³/mol. The minimum atomic E-state index is -0.0640. The van der Waals surface area contributed by atoms with Gasteiger partial charge in [-0.05, 0) is 30.0 Å². The van der Waals surface area contributed by atoms with Gasteiger partial charge in [0.05, 0.1) is 17.5 Å². The van der Waals surface area contributed by atoms with Crippen LogP contribution < -0.4 is 10.1 Å². The Morgan fingerprint density at radius 2 is 2.10 bits per heavy atom. The first-order valence-electron chi connectivity index (χ1n) is 7.93. The Morgan fingerprint density at radius 1 is 1.29 bits per heavy atom. The van der Waals surface area contributed by atoms with Gasteiger partial charge in [-0.15, -0.1) is 11.6 Å². The second-order valence-electron chi connectivity index (χ2n) is 6.07. The highest BCUT2D eigenvalue weighted by Gasteiger charge is 2.22. The van der Waals surface area contributed by atoms with Crippen molar-refractivity contribution in [3.63, 3.8) is 0 Å². The van der Waals surface area contributed by atoms with Crippen molar-refractivity contribution in [1.82, 2.24) is 5.32 Å². The summed E-state index contributed by atoms with van der Waals surface area (Å²) in [5.74, 6) is 1.33. The van der Waals surface area contributed by atoms with Gasteiger partial charge in [0, 0.05) is 0 Å². The number of ether oxygens (including phenoxy) is 1. The van der Waals surface area contributed by atoms with Gasteiger partial charge in [-0.1, -0.05) is 38.2 Å². The molecule has 2 aliphatic rings. The highest BCUT2D eigenvalue weighted by molar-refractivity contribution is 6.20. The van der Waals surface area contributed by atoms with Crippen LogP contribution in [0.25, 0.3) is 0 Å². The Balaban J connectivity index is 1.74. The number of hydrogen-bond donors (Lipinski definition) is 1. The number of rotatable bonds is 3. The second kappa shape index (κ2) is 6.69. The Hall–Kier alpha value is -1.22. The molecule has 1 amide bonds. The highest BCUT2D eigenvalue weighted by Crippen LogP contribution is 2.36. The van der Waals surface area contributed by atoms with Crippen molar-refractivity contribution in [1.29, 1.82) is 0 Å². The van der Waals surface area contributed by atoms with E-state index in [1.807, 2.05) is 18.2 Å². The van der Waals surface area contributed by atoms with E-state index >= 15 is 0 Å². The third-order valence-electron chi connectivity index (χ3n) is 4.52. The molecule has 1 N–H and O–H groups in total. The molecule has 1 heterocycles. The van der Waals surface area contributed by atoms with E-state index in [0.29, 0.717) is 24.5 Å². The number of benzene rings is 1. The van der Waals surface area contributed by atoms with E-state index < -0.39 is 0 Å². The predicted octanol–water partition coefficient (Wildman–Crippen LogP) is 4.06. The molecule has 3 nitrogen and oxygen atoms in total. The molecule has 1 aliphatic carbocycles. The van der Waals surface area contributed by atoms with E-state index in [2.05, 4.69) is 5.32 Å². The van der Waals surface area contributed by atoms with Crippen LogP contribution in [0, 0.1) is 5.92 Å². The normalized spacial score (nSPS) is 20.9. The average molecular weight is 308 g/mol. The molecular formula is C17H22ClNO2. The molecule has 0 spiro atoms. The first-order chi connectivity index (χ1) is 10.2. The third kappa shape index (κ3) is 3.52. The van der Waals surface area contributed by atoms with Crippen molar-refractivity contribution in [2.45, 2.75) is 43.9 Å². The standard InChI is InChI=1S/C17H22ClNO2/c18-15(10-12-4-2-1-3-5-12)13-6-7-16-14(11-13)17(20)19-8-9-21-16/h6-7,11-12,15H,1-5,8-10H2,(H,19,20). The van der Waals surface area contributed by atoms with Gasteiger partial charge >= 0.3 is 0 Å². The molecule has 4 heteroatoms. The largest absolute Gasteiger partial charge is 0.491 e. The SMILES string of the molecule is O=C1NCCOc2ccc(C(Cl)CC3CCCCC3)cc21. The Morgan fingerprint density at radius 3 is 2.90 bits per heavy atom. The molecule has 3 rings (SSSR count). The number of carbonyl (C=O) groups is 1. The van der Waals surface area contributed by atoms with Gasteiger partial charge in [-0.25, -0.2) is 0 Å². The molecule has 1 saturated carbocycles. The molecule has 0 saturated heterocycles. The maximum absolute atomic E-state index is 12.0. The minimum Gasteiger partial charge on any atom is -0.491 e. The third-order valence-corrected chi connectivity index (χ3v) is 4.95. The second-order valence-corrected chi connectivity index (χ2v) is 6.59. The summed E-state index contributed by atoms with van der Waals surface area (Å²) in [4.78, 5) is 12.0. The smallest absolute Gasteiger partial charge is 0.255 e. The van der Waals surface area contributed by atoms with Crippen LogP contribution in [0.15, 0.2) is 18.2 Å². The Kier molecular flexibility index (Phi) is 4.69. The lowest BCUT2D eigenvalue weighted by Crippen LogP contribution is -2.24. The van der Waals surface area contributed by atoms with Crippen LogP contribution in [0.5, 0.6) is 5.75 Å². The highest BCUT2D eigenvalue weighted by atomic mass is 35.5. The summed E-state index contributed by atoms with van der Waals surface area (Å²) in [6.45, 7) is 1.07. The van der Waals surface area contributed by atoms with Gasteiger partial charge in [0.2, 0.25) is 0 Å². The molecule has 114 valence electrons. The lowest BCUT2D eigenvalue weighted by atomic mass is 9.85. The maximum atomic E-state index is 12.0. The zero-order chi connectivity index (χ0) is 14.7. The van der Waals surface area contributed by atoms with Gasteiger partial charge < -0.3 is 10.1 Å². The summed E-state index contributed by atoms with van der Waals surface area (Å²) in [6, 6.07) is 5.78. The van der Waals surface area contributed by atoms with Gasteiger partial charge in [0.1, 0.15) is 12.4 Å². The lowest BCUT2D eigenvalue weighted by Gasteiger charge is -2.24. The van der Waals surface area contributed by atoms with Crippen molar-refractivity contribution in [3.8, 4) is 5.75 Å². The number of nitrogens with one attached hydrogen (secondary N) is 1. The number of hydrogen-bond acceptors (Lipinski definition) is 2. The van der Waals surface area contributed by atoms with Crippen LogP contribution in [0.3, 0.4) is 0 Å². The number of fused-ring (bicyclic) bond motifs is 1. The first kappa shape index (κ1) is 14.7. The summed E-state index contributed by atoms with van der Waals surface area (Å²) in [6.07, 6.45) is 7.60. The van der Waals surface area contributed by atoms with Gasteiger partial charge in [0.15, 0.2) is 0 Å².